The number of amides is 1. The van der Waals surface area contributed by atoms with Crippen molar-refractivity contribution in [2.45, 2.75) is 37.5 Å². The van der Waals surface area contributed by atoms with Gasteiger partial charge in [-0.1, -0.05) is 0 Å². The molecule has 1 atom stereocenters. The molecule has 1 aromatic rings. The summed E-state index contributed by atoms with van der Waals surface area (Å²) in [5.74, 6) is 0.477. The lowest BCUT2D eigenvalue weighted by atomic mass is 10.2. The fraction of sp³-hybridized carbons (Fsp3) is 0.538. The van der Waals surface area contributed by atoms with E-state index < -0.39 is 11.7 Å². The minimum atomic E-state index is -4.38. The second-order valence-electron chi connectivity index (χ2n) is 5.25. The molecule has 2 fully saturated rings. The van der Waals surface area contributed by atoms with Crippen molar-refractivity contribution in [2.75, 3.05) is 11.9 Å². The monoisotopic (exact) mass is 285 g/mol. The summed E-state index contributed by atoms with van der Waals surface area (Å²) in [6.07, 6.45) is -1.09. The first-order valence-corrected chi connectivity index (χ1v) is 6.53. The molecule has 2 heterocycles. The average Bonchev–Trinajstić information content (AvgIpc) is 3.14. The Morgan fingerprint density at radius 1 is 1.30 bits per heavy atom. The molecular formula is C13H14F3N3O. The zero-order valence-corrected chi connectivity index (χ0v) is 10.7. The van der Waals surface area contributed by atoms with Gasteiger partial charge in [0.2, 0.25) is 5.91 Å². The lowest BCUT2D eigenvalue weighted by Gasteiger charge is -2.16. The predicted octanol–water partition coefficient (Wildman–Crippen LogP) is 2.28. The Morgan fingerprint density at radius 2 is 2.05 bits per heavy atom. The summed E-state index contributed by atoms with van der Waals surface area (Å²) in [4.78, 5) is 17.4. The van der Waals surface area contributed by atoms with E-state index >= 15 is 0 Å². The highest BCUT2D eigenvalue weighted by molar-refractivity contribution is 5.80. The summed E-state index contributed by atoms with van der Waals surface area (Å²) >= 11 is 0. The van der Waals surface area contributed by atoms with E-state index in [2.05, 4.69) is 10.3 Å². The molecule has 1 unspecified atom stereocenters. The van der Waals surface area contributed by atoms with Gasteiger partial charge in [0.1, 0.15) is 5.82 Å². The second kappa shape index (κ2) is 4.64. The van der Waals surface area contributed by atoms with E-state index in [1.165, 1.54) is 6.07 Å². The Bertz CT molecular complexity index is 511. The molecule has 2 aliphatic rings. The van der Waals surface area contributed by atoms with E-state index in [1.54, 1.807) is 0 Å². The van der Waals surface area contributed by atoms with Crippen LogP contribution in [0.15, 0.2) is 18.3 Å². The van der Waals surface area contributed by atoms with E-state index in [4.69, 9.17) is 0 Å². The quantitative estimate of drug-likeness (QED) is 0.926. The number of pyridine rings is 1. The first-order chi connectivity index (χ1) is 9.43. The highest BCUT2D eigenvalue weighted by Crippen LogP contribution is 2.32. The maximum atomic E-state index is 12.4. The van der Waals surface area contributed by atoms with Crippen LogP contribution in [0.4, 0.5) is 19.0 Å². The van der Waals surface area contributed by atoms with Gasteiger partial charge in [-0.25, -0.2) is 4.98 Å². The Kier molecular flexibility index (Phi) is 3.07. The molecule has 1 amide bonds. The number of carbonyl (C=O) groups excluding carboxylic acids is 1. The fourth-order valence-electron chi connectivity index (χ4n) is 2.42. The largest absolute Gasteiger partial charge is 0.417 e. The molecule has 1 aliphatic carbocycles. The number of hydrogen-bond donors (Lipinski definition) is 1. The topological polar surface area (TPSA) is 45.2 Å². The molecule has 0 spiro atoms. The summed E-state index contributed by atoms with van der Waals surface area (Å²) in [6, 6.07) is 2.58. The van der Waals surface area contributed by atoms with E-state index in [-0.39, 0.29) is 11.9 Å². The van der Waals surface area contributed by atoms with Gasteiger partial charge in [0.05, 0.1) is 11.6 Å². The van der Waals surface area contributed by atoms with Crippen LogP contribution in [0.25, 0.3) is 0 Å². The van der Waals surface area contributed by atoms with Gasteiger partial charge in [-0.15, -0.1) is 0 Å². The Hall–Kier alpha value is -1.79. The highest BCUT2D eigenvalue weighted by Gasteiger charge is 2.39. The van der Waals surface area contributed by atoms with Gasteiger partial charge in [0, 0.05) is 25.2 Å². The lowest BCUT2D eigenvalue weighted by Crippen LogP contribution is -2.29. The Balaban J connectivity index is 1.62. The van der Waals surface area contributed by atoms with E-state index in [1.807, 2.05) is 4.90 Å². The van der Waals surface area contributed by atoms with Crippen LogP contribution in [0.1, 0.15) is 24.8 Å². The van der Waals surface area contributed by atoms with Crippen LogP contribution < -0.4 is 5.32 Å². The lowest BCUT2D eigenvalue weighted by molar-refractivity contribution is -0.137. The van der Waals surface area contributed by atoms with Crippen LogP contribution in [-0.4, -0.2) is 34.4 Å². The molecule has 1 saturated heterocycles. The molecule has 0 bridgehead atoms. The molecule has 1 saturated carbocycles. The zero-order chi connectivity index (χ0) is 14.3. The maximum absolute atomic E-state index is 12.4. The van der Waals surface area contributed by atoms with Gasteiger partial charge in [-0.05, 0) is 25.0 Å². The fourth-order valence-corrected chi connectivity index (χ4v) is 2.42. The van der Waals surface area contributed by atoms with Crippen molar-refractivity contribution < 1.29 is 18.0 Å². The van der Waals surface area contributed by atoms with Gasteiger partial charge in [0.25, 0.3) is 0 Å². The molecule has 0 radical (unpaired) electrons. The minimum Gasteiger partial charge on any atom is -0.365 e. The molecule has 1 aromatic heterocycles. The third kappa shape index (κ3) is 2.71. The number of alkyl halides is 3. The van der Waals surface area contributed by atoms with Crippen LogP contribution in [0.5, 0.6) is 0 Å². The molecule has 1 aliphatic heterocycles. The van der Waals surface area contributed by atoms with Crippen molar-refractivity contribution in [2.24, 2.45) is 0 Å². The first kappa shape index (κ1) is 13.2. The smallest absolute Gasteiger partial charge is 0.365 e. The van der Waals surface area contributed by atoms with Crippen LogP contribution in [0.3, 0.4) is 0 Å². The van der Waals surface area contributed by atoms with Crippen molar-refractivity contribution in [3.63, 3.8) is 0 Å². The number of aromatic nitrogens is 1. The van der Waals surface area contributed by atoms with E-state index in [0.29, 0.717) is 24.8 Å². The molecule has 4 nitrogen and oxygen atoms in total. The molecular weight excluding hydrogens is 271 g/mol. The van der Waals surface area contributed by atoms with Crippen molar-refractivity contribution >= 4 is 11.7 Å². The van der Waals surface area contributed by atoms with Crippen molar-refractivity contribution in [1.29, 1.82) is 0 Å². The van der Waals surface area contributed by atoms with Crippen molar-refractivity contribution in [3.8, 4) is 0 Å². The number of nitrogens with one attached hydrogen (secondary N) is 1. The number of rotatable bonds is 3. The van der Waals surface area contributed by atoms with E-state index in [0.717, 1.165) is 25.1 Å². The van der Waals surface area contributed by atoms with Gasteiger partial charge in [-0.2, -0.15) is 13.2 Å². The summed E-state index contributed by atoms with van der Waals surface area (Å²) < 4.78 is 37.2. The minimum absolute atomic E-state index is 0.0765. The predicted molar refractivity (Wildman–Crippen MR) is 66.0 cm³/mol. The number of halogens is 3. The number of nitrogens with zero attached hydrogens (tertiary/aromatic N) is 2. The Labute approximate surface area is 114 Å². The van der Waals surface area contributed by atoms with Crippen LogP contribution in [-0.2, 0) is 11.0 Å². The first-order valence-electron chi connectivity index (χ1n) is 6.53. The van der Waals surface area contributed by atoms with Gasteiger partial charge in [-0.3, -0.25) is 4.79 Å². The molecule has 108 valence electrons. The number of anilines is 1. The molecule has 20 heavy (non-hydrogen) atoms. The standard InChI is InChI=1S/C13H14F3N3O/c14-13(15,16)8-1-4-11(17-6-8)18-9-5-12(20)19(7-9)10-2-3-10/h1,4,6,9-10H,2-3,5,7H2,(H,17,18). The Morgan fingerprint density at radius 3 is 2.60 bits per heavy atom. The van der Waals surface area contributed by atoms with Crippen LogP contribution >= 0.6 is 0 Å². The van der Waals surface area contributed by atoms with Gasteiger partial charge in [0.15, 0.2) is 0 Å². The van der Waals surface area contributed by atoms with Gasteiger partial charge < -0.3 is 10.2 Å². The number of likely N-dealkylation sites (tertiary alicyclic amines) is 1. The van der Waals surface area contributed by atoms with Gasteiger partial charge >= 0.3 is 6.18 Å². The molecule has 3 rings (SSSR count). The highest BCUT2D eigenvalue weighted by atomic mass is 19.4. The van der Waals surface area contributed by atoms with Crippen LogP contribution in [0, 0.1) is 0 Å². The maximum Gasteiger partial charge on any atom is 0.417 e. The summed E-state index contributed by atoms with van der Waals surface area (Å²) in [5, 5.41) is 3.02. The second-order valence-corrected chi connectivity index (χ2v) is 5.25. The number of carbonyl (C=O) groups is 1. The SMILES string of the molecule is O=C1CC(Nc2ccc(C(F)(F)F)cn2)CN1C1CC1. The summed E-state index contributed by atoms with van der Waals surface area (Å²) in [7, 11) is 0. The normalized spacial score (nSPS) is 23.2. The zero-order valence-electron chi connectivity index (χ0n) is 10.7. The third-order valence-corrected chi connectivity index (χ3v) is 3.59. The average molecular weight is 285 g/mol. The van der Waals surface area contributed by atoms with Crippen molar-refractivity contribution in [1.82, 2.24) is 9.88 Å². The molecule has 7 heteroatoms. The number of hydrogen-bond acceptors (Lipinski definition) is 3. The summed E-state index contributed by atoms with van der Waals surface area (Å²) in [6.45, 7) is 0.603. The molecule has 1 N–H and O–H groups in total. The third-order valence-electron chi connectivity index (χ3n) is 3.59. The van der Waals surface area contributed by atoms with Crippen LogP contribution in [0.2, 0.25) is 0 Å². The molecule has 0 aromatic carbocycles. The van der Waals surface area contributed by atoms with E-state index in [9.17, 15) is 18.0 Å². The van der Waals surface area contributed by atoms with Crippen molar-refractivity contribution in [3.05, 3.63) is 23.9 Å². The summed E-state index contributed by atoms with van der Waals surface area (Å²) in [5.41, 5.74) is -0.773.